The maximum Gasteiger partial charge on any atom is 0.306 e. The zero-order valence-corrected chi connectivity index (χ0v) is 14.2. The lowest BCUT2D eigenvalue weighted by Crippen LogP contribution is -2.17. The van der Waals surface area contributed by atoms with Crippen molar-refractivity contribution in [2.45, 2.75) is 58.0 Å². The number of carbonyl (C=O) groups excluding carboxylic acids is 2. The van der Waals surface area contributed by atoms with Crippen LogP contribution in [0.2, 0.25) is 0 Å². The number of Topliss-reactive ketones (excluding diaryl/α,β-unsaturated/α-hetero) is 1. The molecule has 1 aliphatic heterocycles. The maximum atomic E-state index is 13.7. The van der Waals surface area contributed by atoms with E-state index >= 15 is 0 Å². The van der Waals surface area contributed by atoms with Gasteiger partial charge in [-0.05, 0) is 31.8 Å². The van der Waals surface area contributed by atoms with Crippen molar-refractivity contribution < 1.29 is 18.7 Å². The monoisotopic (exact) mass is 332 g/mol. The second-order valence-electron chi connectivity index (χ2n) is 6.17. The van der Waals surface area contributed by atoms with Crippen molar-refractivity contribution in [3.8, 4) is 0 Å². The molecule has 0 aromatic rings. The fourth-order valence-electron chi connectivity index (χ4n) is 2.92. The van der Waals surface area contributed by atoms with Crippen molar-refractivity contribution in [2.75, 3.05) is 0 Å². The standard InChI is InChI=1S/C20H25FO3/c1-2-3-6-10-16-12-13-17-15(14-18(21)20(17)23)9-7-4-5-8-11-19(22)24-16/h3-4,6-7,13-16H,2,5,8-12H2,1H3/b6-3-,7-4-,17-13+/t15-,16-/m0/s1. The van der Waals surface area contributed by atoms with E-state index in [9.17, 15) is 14.0 Å². The van der Waals surface area contributed by atoms with Crippen molar-refractivity contribution in [2.24, 2.45) is 5.92 Å². The van der Waals surface area contributed by atoms with E-state index in [1.165, 1.54) is 6.08 Å². The molecule has 130 valence electrons. The molecule has 0 saturated heterocycles. The van der Waals surface area contributed by atoms with E-state index < -0.39 is 11.6 Å². The van der Waals surface area contributed by atoms with E-state index in [2.05, 4.69) is 0 Å². The molecule has 4 heteroatoms. The second kappa shape index (κ2) is 9.36. The minimum atomic E-state index is -0.675. The van der Waals surface area contributed by atoms with Crippen LogP contribution >= 0.6 is 0 Å². The molecule has 0 N–H and O–H groups in total. The Morgan fingerprint density at radius 2 is 2.08 bits per heavy atom. The Bertz CT molecular complexity index is 584. The molecule has 0 unspecified atom stereocenters. The molecule has 24 heavy (non-hydrogen) atoms. The van der Waals surface area contributed by atoms with Gasteiger partial charge in [0.15, 0.2) is 5.83 Å². The zero-order chi connectivity index (χ0) is 17.4. The summed E-state index contributed by atoms with van der Waals surface area (Å²) in [6, 6.07) is 0. The highest BCUT2D eigenvalue weighted by molar-refractivity contribution is 6.09. The number of hydrogen-bond donors (Lipinski definition) is 0. The van der Waals surface area contributed by atoms with Crippen molar-refractivity contribution in [1.29, 1.82) is 0 Å². The molecule has 1 heterocycles. The number of fused-ring (bicyclic) bond motifs is 1. The largest absolute Gasteiger partial charge is 0.462 e. The van der Waals surface area contributed by atoms with Crippen LogP contribution in [0.1, 0.15) is 51.9 Å². The lowest BCUT2D eigenvalue weighted by Gasteiger charge is -2.16. The predicted octanol–water partition coefficient (Wildman–Crippen LogP) is 4.75. The van der Waals surface area contributed by atoms with Gasteiger partial charge in [-0.3, -0.25) is 9.59 Å². The summed E-state index contributed by atoms with van der Waals surface area (Å²) in [6.07, 6.45) is 15.3. The van der Waals surface area contributed by atoms with Crippen molar-refractivity contribution >= 4 is 11.8 Å². The lowest BCUT2D eigenvalue weighted by molar-refractivity contribution is -0.148. The van der Waals surface area contributed by atoms with Gasteiger partial charge in [-0.2, -0.15) is 0 Å². The topological polar surface area (TPSA) is 43.4 Å². The van der Waals surface area contributed by atoms with Crippen LogP contribution in [0.15, 0.2) is 47.9 Å². The first-order chi connectivity index (χ1) is 11.6. The number of ether oxygens (including phenoxy) is 1. The zero-order valence-electron chi connectivity index (χ0n) is 14.2. The van der Waals surface area contributed by atoms with Crippen LogP contribution in [0.5, 0.6) is 0 Å². The van der Waals surface area contributed by atoms with Gasteiger partial charge >= 0.3 is 5.97 Å². The molecule has 0 bridgehead atoms. The Kier molecular flexibility index (Phi) is 7.16. The molecular weight excluding hydrogens is 307 g/mol. The number of carbonyl (C=O) groups is 2. The molecule has 2 atom stereocenters. The number of hydrogen-bond acceptors (Lipinski definition) is 3. The van der Waals surface area contributed by atoms with E-state index in [1.807, 2.05) is 31.2 Å². The van der Waals surface area contributed by atoms with Gasteiger partial charge in [-0.15, -0.1) is 0 Å². The molecule has 2 rings (SSSR count). The Morgan fingerprint density at radius 3 is 2.88 bits per heavy atom. The first-order valence-corrected chi connectivity index (χ1v) is 8.73. The Hall–Kier alpha value is -1.97. The van der Waals surface area contributed by atoms with Crippen LogP contribution in [0.4, 0.5) is 4.39 Å². The Labute approximate surface area is 143 Å². The minimum absolute atomic E-state index is 0.211. The summed E-state index contributed by atoms with van der Waals surface area (Å²) in [6.45, 7) is 2.04. The molecule has 0 fully saturated rings. The van der Waals surface area contributed by atoms with Gasteiger partial charge in [0, 0.05) is 30.8 Å². The molecule has 0 aromatic carbocycles. The number of cyclic esters (lactones) is 1. The van der Waals surface area contributed by atoms with E-state index in [0.717, 1.165) is 19.3 Å². The summed E-state index contributed by atoms with van der Waals surface area (Å²) in [5.41, 5.74) is 0.483. The van der Waals surface area contributed by atoms with Gasteiger partial charge < -0.3 is 4.74 Å². The van der Waals surface area contributed by atoms with Crippen LogP contribution in [-0.4, -0.2) is 17.9 Å². The molecule has 0 amide bonds. The normalized spacial score (nSPS) is 29.6. The SMILES string of the molecule is CC/C=C\C[C@H]1C/C=C2/C(=O)C(F)=C[C@@H]2C/C=C\CCCC(=O)O1. The highest BCUT2D eigenvalue weighted by Crippen LogP contribution is 2.31. The first-order valence-electron chi connectivity index (χ1n) is 8.73. The van der Waals surface area contributed by atoms with Gasteiger partial charge in [0.1, 0.15) is 6.10 Å². The van der Waals surface area contributed by atoms with E-state index in [-0.39, 0.29) is 18.0 Å². The molecule has 1 aliphatic carbocycles. The van der Waals surface area contributed by atoms with Gasteiger partial charge in [0.05, 0.1) is 0 Å². The number of esters is 1. The summed E-state index contributed by atoms with van der Waals surface area (Å²) in [5.74, 6) is -1.63. The molecule has 0 radical (unpaired) electrons. The molecule has 0 spiro atoms. The number of halogens is 1. The fourth-order valence-corrected chi connectivity index (χ4v) is 2.92. The molecule has 2 aliphatic rings. The highest BCUT2D eigenvalue weighted by Gasteiger charge is 2.29. The Balaban J connectivity index is 2.17. The van der Waals surface area contributed by atoms with Crippen LogP contribution in [0, 0.1) is 5.92 Å². The van der Waals surface area contributed by atoms with E-state index in [1.54, 1.807) is 6.08 Å². The second-order valence-corrected chi connectivity index (χ2v) is 6.17. The van der Waals surface area contributed by atoms with Gasteiger partial charge in [0.25, 0.3) is 0 Å². The average molecular weight is 332 g/mol. The smallest absolute Gasteiger partial charge is 0.306 e. The third-order valence-electron chi connectivity index (χ3n) is 4.23. The predicted molar refractivity (Wildman–Crippen MR) is 91.9 cm³/mol. The van der Waals surface area contributed by atoms with Crippen LogP contribution in [-0.2, 0) is 14.3 Å². The van der Waals surface area contributed by atoms with Crippen molar-refractivity contribution in [3.63, 3.8) is 0 Å². The quantitative estimate of drug-likeness (QED) is 0.553. The lowest BCUT2D eigenvalue weighted by atomic mass is 9.96. The van der Waals surface area contributed by atoms with Crippen LogP contribution < -0.4 is 0 Å². The summed E-state index contributed by atoms with van der Waals surface area (Å²) in [7, 11) is 0. The van der Waals surface area contributed by atoms with Gasteiger partial charge in [0.2, 0.25) is 5.78 Å². The van der Waals surface area contributed by atoms with Crippen molar-refractivity contribution in [1.82, 2.24) is 0 Å². The third kappa shape index (κ3) is 5.29. The third-order valence-corrected chi connectivity index (χ3v) is 4.23. The summed E-state index contributed by atoms with van der Waals surface area (Å²) < 4.78 is 19.2. The number of ketones is 1. The maximum absolute atomic E-state index is 13.7. The highest BCUT2D eigenvalue weighted by atomic mass is 19.1. The van der Waals surface area contributed by atoms with Crippen LogP contribution in [0.3, 0.4) is 0 Å². The number of rotatable bonds is 3. The Morgan fingerprint density at radius 1 is 1.25 bits per heavy atom. The molecule has 0 saturated carbocycles. The molecule has 3 nitrogen and oxygen atoms in total. The molecule has 0 aromatic heterocycles. The van der Waals surface area contributed by atoms with E-state index in [0.29, 0.717) is 31.3 Å². The van der Waals surface area contributed by atoms with Gasteiger partial charge in [-0.25, -0.2) is 4.39 Å². The summed E-state index contributed by atoms with van der Waals surface area (Å²) in [4.78, 5) is 23.9. The fraction of sp³-hybridized carbons (Fsp3) is 0.500. The summed E-state index contributed by atoms with van der Waals surface area (Å²) >= 11 is 0. The van der Waals surface area contributed by atoms with Crippen molar-refractivity contribution in [3.05, 3.63) is 47.9 Å². The average Bonchev–Trinajstić information content (AvgIpc) is 2.82. The van der Waals surface area contributed by atoms with Crippen LogP contribution in [0.25, 0.3) is 0 Å². The molecular formula is C20H25FO3. The van der Waals surface area contributed by atoms with E-state index in [4.69, 9.17) is 4.74 Å². The van der Waals surface area contributed by atoms with Gasteiger partial charge in [-0.1, -0.05) is 37.3 Å². The first kappa shape index (κ1) is 18.4. The number of allylic oxidation sites excluding steroid dienone is 6. The minimum Gasteiger partial charge on any atom is -0.462 e. The summed E-state index contributed by atoms with van der Waals surface area (Å²) in [5, 5.41) is 0.